The van der Waals surface area contributed by atoms with Crippen molar-refractivity contribution in [3.05, 3.63) is 59.4 Å². The van der Waals surface area contributed by atoms with Crippen molar-refractivity contribution in [2.24, 2.45) is 0 Å². The molecule has 35 heavy (non-hydrogen) atoms. The van der Waals surface area contributed by atoms with Crippen LogP contribution >= 0.6 is 0 Å². The molecule has 0 aromatic heterocycles. The monoisotopic (exact) mass is 523 g/mol. The van der Waals surface area contributed by atoms with Crippen LogP contribution in [0.15, 0.2) is 36.4 Å². The van der Waals surface area contributed by atoms with Crippen molar-refractivity contribution < 1.29 is 40.5 Å². The molecule has 2 aromatic rings. The van der Waals surface area contributed by atoms with Gasteiger partial charge in [0.25, 0.3) is 5.91 Å². The number of carbonyl (C=O) groups is 1. The minimum atomic E-state index is -5.39. The summed E-state index contributed by atoms with van der Waals surface area (Å²) in [6.45, 7) is 2.21. The van der Waals surface area contributed by atoms with Crippen LogP contribution < -0.4 is 4.72 Å². The lowest BCUT2D eigenvalue weighted by Crippen LogP contribution is -2.53. The molecule has 0 spiro atoms. The molecule has 6 nitrogen and oxygen atoms in total. The van der Waals surface area contributed by atoms with E-state index in [0.29, 0.717) is 6.07 Å². The van der Waals surface area contributed by atoms with Gasteiger partial charge in [0.1, 0.15) is 23.1 Å². The molecule has 3 rings (SSSR count). The maximum absolute atomic E-state index is 15.4. The Bertz CT molecular complexity index is 1210. The van der Waals surface area contributed by atoms with E-state index < -0.39 is 56.5 Å². The molecule has 1 fully saturated rings. The molecule has 1 aliphatic rings. The summed E-state index contributed by atoms with van der Waals surface area (Å²) in [6.07, 6.45) is -0.529. The van der Waals surface area contributed by atoms with Crippen LogP contribution in [-0.2, 0) is 21.1 Å². The number of alkyl halides is 3. The van der Waals surface area contributed by atoms with Crippen LogP contribution in [0.5, 0.6) is 0 Å². The molecule has 1 aliphatic heterocycles. The van der Waals surface area contributed by atoms with Gasteiger partial charge in [-0.05, 0) is 49.9 Å². The summed E-state index contributed by atoms with van der Waals surface area (Å²) in [5.41, 5.74) is -7.68. The van der Waals surface area contributed by atoms with Crippen LogP contribution in [0.1, 0.15) is 25.8 Å². The molecule has 1 unspecified atom stereocenters. The Morgan fingerprint density at radius 1 is 1.17 bits per heavy atom. The van der Waals surface area contributed by atoms with Crippen LogP contribution in [0.4, 0.5) is 26.3 Å². The summed E-state index contributed by atoms with van der Waals surface area (Å²) in [4.78, 5) is 13.8. The van der Waals surface area contributed by atoms with Gasteiger partial charge in [-0.1, -0.05) is 18.2 Å². The number of amides is 1. The number of benzene rings is 2. The molecule has 0 bridgehead atoms. The van der Waals surface area contributed by atoms with Crippen molar-refractivity contribution in [2.75, 3.05) is 6.54 Å². The molecular weight excluding hydrogens is 500 g/mol. The Labute approximate surface area is 198 Å². The third kappa shape index (κ3) is 5.78. The lowest BCUT2D eigenvalue weighted by atomic mass is 9.95. The average molecular weight is 523 g/mol. The van der Waals surface area contributed by atoms with E-state index in [-0.39, 0.29) is 36.1 Å². The highest BCUT2D eigenvalue weighted by Gasteiger charge is 2.48. The van der Waals surface area contributed by atoms with Gasteiger partial charge in [-0.15, -0.1) is 0 Å². The molecule has 192 valence electrons. The minimum Gasteiger partial charge on any atom is -0.381 e. The maximum Gasteiger partial charge on any atom is 0.492 e. The number of aliphatic hydroxyl groups is 1. The van der Waals surface area contributed by atoms with Crippen LogP contribution in [0.25, 0.3) is 11.1 Å². The molecule has 2 aromatic carbocycles. The molecule has 0 aliphatic carbocycles. The van der Waals surface area contributed by atoms with Crippen LogP contribution in [0.3, 0.4) is 0 Å². The number of halogens is 6. The molecular formula is C22H23F6N3O3S. The molecule has 0 saturated carbocycles. The highest BCUT2D eigenvalue weighted by molar-refractivity contribution is 7.91. The number of nitrogens with zero attached hydrogens (tertiary/aromatic N) is 1. The zero-order valence-corrected chi connectivity index (χ0v) is 19.4. The Kier molecular flexibility index (Phi) is 7.26. The van der Waals surface area contributed by atoms with Crippen molar-refractivity contribution in [1.82, 2.24) is 9.62 Å². The first kappa shape index (κ1) is 27.0. The summed E-state index contributed by atoms with van der Waals surface area (Å²) < 4.78 is 103. The summed E-state index contributed by atoms with van der Waals surface area (Å²) in [5, 5.41) is 10.1. The van der Waals surface area contributed by atoms with Gasteiger partial charge in [0.2, 0.25) is 9.92 Å². The number of likely N-dealkylation sites (tertiary alicyclic amines) is 1. The van der Waals surface area contributed by atoms with E-state index in [4.69, 9.17) is 4.78 Å². The second kappa shape index (κ2) is 9.43. The Balaban J connectivity index is 2.02. The van der Waals surface area contributed by atoms with E-state index in [1.54, 1.807) is 4.72 Å². The Hall–Kier alpha value is -2.64. The van der Waals surface area contributed by atoms with E-state index in [0.717, 1.165) is 17.0 Å². The number of rotatable bonds is 6. The lowest BCUT2D eigenvalue weighted by molar-refractivity contribution is -0.148. The van der Waals surface area contributed by atoms with Crippen molar-refractivity contribution in [3.8, 4) is 11.1 Å². The third-order valence-corrected chi connectivity index (χ3v) is 6.94. The predicted molar refractivity (Wildman–Crippen MR) is 116 cm³/mol. The van der Waals surface area contributed by atoms with Crippen molar-refractivity contribution >= 4 is 15.8 Å². The predicted octanol–water partition coefficient (Wildman–Crippen LogP) is 4.12. The molecule has 1 saturated heterocycles. The Morgan fingerprint density at radius 2 is 1.77 bits per heavy atom. The molecule has 13 heteroatoms. The van der Waals surface area contributed by atoms with Crippen molar-refractivity contribution in [3.63, 3.8) is 0 Å². The summed E-state index contributed by atoms with van der Waals surface area (Å²) in [6, 6.07) is 3.83. The minimum absolute atomic E-state index is 0.0945. The number of carbonyl (C=O) groups excluding carboxylic acids is 1. The van der Waals surface area contributed by atoms with E-state index in [1.807, 2.05) is 0 Å². The summed E-state index contributed by atoms with van der Waals surface area (Å²) in [7, 11) is -5.29. The fraction of sp³-hybridized carbons (Fsp3) is 0.409. The lowest BCUT2D eigenvalue weighted by Gasteiger charge is -2.33. The maximum atomic E-state index is 15.4. The highest BCUT2D eigenvalue weighted by atomic mass is 32.2. The van der Waals surface area contributed by atoms with Crippen molar-refractivity contribution in [1.29, 1.82) is 4.78 Å². The molecule has 0 radical (unpaired) electrons. The first-order valence-corrected chi connectivity index (χ1v) is 12.0. The number of hydrogen-bond acceptors (Lipinski definition) is 4. The van der Waals surface area contributed by atoms with Gasteiger partial charge in [-0.3, -0.25) is 4.79 Å². The first-order valence-electron chi connectivity index (χ1n) is 10.4. The van der Waals surface area contributed by atoms with Crippen LogP contribution in [0, 0.1) is 22.2 Å². The van der Waals surface area contributed by atoms with Gasteiger partial charge in [0, 0.05) is 24.2 Å². The normalized spacial score (nSPS) is 20.7. The Morgan fingerprint density at radius 3 is 2.31 bits per heavy atom. The van der Waals surface area contributed by atoms with Gasteiger partial charge < -0.3 is 10.0 Å². The second-order valence-electron chi connectivity index (χ2n) is 8.78. The average Bonchev–Trinajstić information content (AvgIpc) is 3.08. The van der Waals surface area contributed by atoms with Crippen LogP contribution in [0.2, 0.25) is 0 Å². The van der Waals surface area contributed by atoms with E-state index in [1.165, 1.54) is 32.0 Å². The van der Waals surface area contributed by atoms with E-state index >= 15 is 4.39 Å². The quantitative estimate of drug-likeness (QED) is 0.498. The smallest absolute Gasteiger partial charge is 0.381 e. The molecule has 1 heterocycles. The summed E-state index contributed by atoms with van der Waals surface area (Å²) in [5.74, 6) is -3.64. The SMILES string of the molecule is CC(C)(O)C(=O)N1CC[C@H](NS(=N)(=O)C(F)(F)F)[C@@H]1Cc1cccc(-c2cc(F)cc(F)c2)c1F. The molecule has 3 atom stereocenters. The van der Waals surface area contributed by atoms with Crippen molar-refractivity contribution in [2.45, 2.75) is 49.9 Å². The van der Waals surface area contributed by atoms with E-state index in [2.05, 4.69) is 0 Å². The second-order valence-corrected chi connectivity index (χ2v) is 10.6. The molecule has 1 amide bonds. The van der Waals surface area contributed by atoms with Gasteiger partial charge in [-0.2, -0.15) is 13.2 Å². The van der Waals surface area contributed by atoms with E-state index in [9.17, 15) is 36.1 Å². The summed E-state index contributed by atoms with van der Waals surface area (Å²) >= 11 is 0. The standard InChI is InChI=1S/C22H23F6N3O3S/c1-21(2,33)20(32)31-7-6-17(30-35(29,34)22(26,27)28)18(31)10-12-4-3-5-16(19(12)25)13-8-14(23)11-15(24)9-13/h3-5,8-9,11,17-18,33H,6-7,10H2,1-2H3,(H2,29,30,34)/t17-,18-,35?/m0/s1. The highest BCUT2D eigenvalue weighted by Crippen LogP contribution is 2.32. The zero-order chi connectivity index (χ0) is 26.3. The molecule has 3 N–H and O–H groups in total. The van der Waals surface area contributed by atoms with Gasteiger partial charge in [0.15, 0.2) is 0 Å². The largest absolute Gasteiger partial charge is 0.492 e. The number of hydrogen-bond donors (Lipinski definition) is 3. The van der Waals surface area contributed by atoms with Gasteiger partial charge in [0.05, 0.1) is 6.04 Å². The third-order valence-electron chi connectivity index (χ3n) is 5.65. The topological polar surface area (TPSA) is 93.5 Å². The fourth-order valence-electron chi connectivity index (χ4n) is 4.02. The number of nitrogens with one attached hydrogen (secondary N) is 2. The fourth-order valence-corrected chi connectivity index (χ4v) is 4.86. The van der Waals surface area contributed by atoms with Gasteiger partial charge in [-0.25, -0.2) is 26.9 Å². The first-order chi connectivity index (χ1) is 16.0. The van der Waals surface area contributed by atoms with Gasteiger partial charge >= 0.3 is 5.51 Å². The van der Waals surface area contributed by atoms with Crippen LogP contribution in [-0.4, -0.2) is 49.9 Å². The zero-order valence-electron chi connectivity index (χ0n) is 18.6.